The maximum Gasteiger partial charge on any atom is 0.317 e. The number of benzene rings is 1. The second-order valence-electron chi connectivity index (χ2n) is 4.13. The predicted octanol–water partition coefficient (Wildman–Crippen LogP) is 1.78. The Morgan fingerprint density at radius 3 is 2.50 bits per heavy atom. The molecule has 5 nitrogen and oxygen atoms in total. The predicted molar refractivity (Wildman–Crippen MR) is 64.3 cm³/mol. The molecule has 2 heterocycles. The third kappa shape index (κ3) is 1.27. The summed E-state index contributed by atoms with van der Waals surface area (Å²) in [6.45, 7) is 0. The Kier molecular flexibility index (Phi) is 2.16. The molecule has 1 aliphatic heterocycles. The van der Waals surface area contributed by atoms with E-state index in [0.29, 0.717) is 17.2 Å². The number of carboxylic acid groups (broad SMARTS) is 1. The van der Waals surface area contributed by atoms with Crippen LogP contribution in [0.5, 0.6) is 11.5 Å². The van der Waals surface area contributed by atoms with Gasteiger partial charge < -0.3 is 14.6 Å². The third-order valence-electron chi connectivity index (χ3n) is 3.22. The van der Waals surface area contributed by atoms with Gasteiger partial charge in [-0.05, 0) is 17.7 Å². The SMILES string of the molecule is COc1cc2nc3cc(c2cc1OC)C3C(=O)O. The summed E-state index contributed by atoms with van der Waals surface area (Å²) >= 11 is 0. The molecule has 0 fully saturated rings. The van der Waals surface area contributed by atoms with E-state index in [1.165, 1.54) is 0 Å². The molecule has 0 spiro atoms. The Morgan fingerprint density at radius 1 is 1.22 bits per heavy atom. The van der Waals surface area contributed by atoms with E-state index in [2.05, 4.69) is 4.98 Å². The second kappa shape index (κ2) is 3.60. The van der Waals surface area contributed by atoms with E-state index in [9.17, 15) is 4.79 Å². The standard InChI is InChI=1S/C13H11NO4/c1-17-10-4-6-7-3-9(12(7)13(15)16)14-8(6)5-11(10)18-2/h3-5,12H,1-2H3,(H,15,16). The normalized spacial score (nSPS) is 16.2. The van der Waals surface area contributed by atoms with Crippen molar-refractivity contribution in [3.63, 3.8) is 0 Å². The Balaban J connectivity index is 2.24. The van der Waals surface area contributed by atoms with Crippen LogP contribution in [0.15, 0.2) is 18.2 Å². The van der Waals surface area contributed by atoms with Gasteiger partial charge in [-0.1, -0.05) is 0 Å². The molecule has 0 saturated carbocycles. The third-order valence-corrected chi connectivity index (χ3v) is 3.22. The van der Waals surface area contributed by atoms with Gasteiger partial charge in [0.15, 0.2) is 11.5 Å². The van der Waals surface area contributed by atoms with Gasteiger partial charge in [0, 0.05) is 11.5 Å². The topological polar surface area (TPSA) is 68.7 Å². The lowest BCUT2D eigenvalue weighted by atomic mass is 9.82. The first-order chi connectivity index (χ1) is 8.65. The molecular weight excluding hydrogens is 234 g/mol. The highest BCUT2D eigenvalue weighted by Gasteiger charge is 2.35. The van der Waals surface area contributed by atoms with Crippen LogP contribution in [0, 0.1) is 0 Å². The average molecular weight is 245 g/mol. The van der Waals surface area contributed by atoms with Crippen LogP contribution in [0.4, 0.5) is 0 Å². The first kappa shape index (κ1) is 10.8. The van der Waals surface area contributed by atoms with E-state index < -0.39 is 11.9 Å². The number of hydrogen-bond acceptors (Lipinski definition) is 4. The quantitative estimate of drug-likeness (QED) is 0.892. The number of carboxylic acids is 1. The van der Waals surface area contributed by atoms with Gasteiger partial charge in [-0.25, -0.2) is 0 Å². The molecule has 1 unspecified atom stereocenters. The maximum absolute atomic E-state index is 11.1. The van der Waals surface area contributed by atoms with Crippen LogP contribution in [-0.4, -0.2) is 30.3 Å². The number of rotatable bonds is 3. The van der Waals surface area contributed by atoms with Crippen molar-refractivity contribution in [3.05, 3.63) is 29.5 Å². The molecule has 1 N–H and O–H groups in total. The molecule has 1 atom stereocenters. The van der Waals surface area contributed by atoms with E-state index in [-0.39, 0.29) is 0 Å². The van der Waals surface area contributed by atoms with Crippen molar-refractivity contribution in [2.45, 2.75) is 5.92 Å². The van der Waals surface area contributed by atoms with Crippen LogP contribution in [0.25, 0.3) is 10.9 Å². The van der Waals surface area contributed by atoms with Crippen LogP contribution in [0.3, 0.4) is 0 Å². The number of hydrogen-bond donors (Lipinski definition) is 1. The van der Waals surface area contributed by atoms with Crippen LogP contribution in [-0.2, 0) is 4.79 Å². The van der Waals surface area contributed by atoms with E-state index in [1.54, 1.807) is 32.4 Å². The molecule has 2 aliphatic rings. The van der Waals surface area contributed by atoms with Crippen molar-refractivity contribution in [1.29, 1.82) is 0 Å². The van der Waals surface area contributed by atoms with E-state index in [0.717, 1.165) is 16.5 Å². The van der Waals surface area contributed by atoms with Crippen molar-refractivity contribution in [2.75, 3.05) is 14.2 Å². The van der Waals surface area contributed by atoms with Crippen molar-refractivity contribution >= 4 is 16.9 Å². The summed E-state index contributed by atoms with van der Waals surface area (Å²) in [5, 5.41) is 9.92. The Morgan fingerprint density at radius 2 is 1.89 bits per heavy atom. The number of aliphatic carboxylic acids is 1. The minimum atomic E-state index is -0.869. The van der Waals surface area contributed by atoms with Crippen molar-refractivity contribution in [1.82, 2.24) is 4.98 Å². The number of nitrogens with zero attached hydrogens (tertiary/aromatic N) is 1. The fourth-order valence-corrected chi connectivity index (χ4v) is 2.31. The summed E-state index contributed by atoms with van der Waals surface area (Å²) in [5.41, 5.74) is 2.11. The summed E-state index contributed by atoms with van der Waals surface area (Å²) in [5.74, 6) is -0.302. The molecule has 0 radical (unpaired) electrons. The minimum Gasteiger partial charge on any atom is -0.493 e. The highest BCUT2D eigenvalue weighted by molar-refractivity contribution is 5.96. The van der Waals surface area contributed by atoms with Crippen LogP contribution < -0.4 is 9.47 Å². The van der Waals surface area contributed by atoms with Gasteiger partial charge in [0.2, 0.25) is 0 Å². The summed E-state index contributed by atoms with van der Waals surface area (Å²) < 4.78 is 10.4. The van der Waals surface area contributed by atoms with Crippen molar-refractivity contribution < 1.29 is 19.4 Å². The molecule has 0 saturated heterocycles. The molecule has 2 aromatic rings. The van der Waals surface area contributed by atoms with Gasteiger partial charge in [-0.15, -0.1) is 0 Å². The van der Waals surface area contributed by atoms with Gasteiger partial charge in [0.05, 0.1) is 25.4 Å². The zero-order valence-corrected chi connectivity index (χ0v) is 9.93. The lowest BCUT2D eigenvalue weighted by Gasteiger charge is -2.25. The van der Waals surface area contributed by atoms with Crippen molar-refractivity contribution in [2.24, 2.45) is 0 Å². The molecule has 2 bridgehead atoms. The zero-order valence-electron chi connectivity index (χ0n) is 9.93. The summed E-state index contributed by atoms with van der Waals surface area (Å²) in [4.78, 5) is 15.4. The van der Waals surface area contributed by atoms with E-state index >= 15 is 0 Å². The number of aromatic nitrogens is 1. The highest BCUT2D eigenvalue weighted by atomic mass is 16.5. The highest BCUT2D eigenvalue weighted by Crippen LogP contribution is 2.42. The van der Waals surface area contributed by atoms with Crippen molar-refractivity contribution in [3.8, 4) is 11.5 Å². The largest absolute Gasteiger partial charge is 0.493 e. The zero-order chi connectivity index (χ0) is 12.9. The second-order valence-corrected chi connectivity index (χ2v) is 4.13. The number of methoxy groups -OCH3 is 2. The monoisotopic (exact) mass is 245 g/mol. The molecule has 18 heavy (non-hydrogen) atoms. The minimum absolute atomic E-state index is 0.576. The number of pyridine rings is 1. The fraction of sp³-hybridized carbons (Fsp3) is 0.231. The summed E-state index contributed by atoms with van der Waals surface area (Å²) in [6.07, 6.45) is 0. The molecular formula is C13H11NO4. The average Bonchev–Trinajstić information content (AvgIpc) is 2.35. The smallest absolute Gasteiger partial charge is 0.317 e. The molecule has 1 aromatic carbocycles. The van der Waals surface area contributed by atoms with Crippen LogP contribution in [0.1, 0.15) is 17.2 Å². The Labute approximate surface area is 103 Å². The van der Waals surface area contributed by atoms with E-state index in [4.69, 9.17) is 14.6 Å². The van der Waals surface area contributed by atoms with Gasteiger partial charge in [0.25, 0.3) is 0 Å². The van der Waals surface area contributed by atoms with Gasteiger partial charge in [-0.2, -0.15) is 0 Å². The maximum atomic E-state index is 11.1. The number of ether oxygens (including phenoxy) is 2. The first-order valence-corrected chi connectivity index (χ1v) is 5.45. The Bertz CT molecular complexity index is 666. The van der Waals surface area contributed by atoms with Gasteiger partial charge in [0.1, 0.15) is 5.92 Å². The summed E-state index contributed by atoms with van der Waals surface area (Å²) in [6, 6.07) is 5.33. The van der Waals surface area contributed by atoms with Crippen LogP contribution in [0.2, 0.25) is 0 Å². The van der Waals surface area contributed by atoms with Gasteiger partial charge in [-0.3, -0.25) is 9.78 Å². The molecule has 5 heteroatoms. The first-order valence-electron chi connectivity index (χ1n) is 5.45. The van der Waals surface area contributed by atoms with Crippen LogP contribution >= 0.6 is 0 Å². The molecule has 92 valence electrons. The molecule has 1 aromatic heterocycles. The van der Waals surface area contributed by atoms with Gasteiger partial charge >= 0.3 is 5.97 Å². The van der Waals surface area contributed by atoms with E-state index in [1.807, 2.05) is 0 Å². The molecule has 1 aliphatic carbocycles. The lowest BCUT2D eigenvalue weighted by molar-refractivity contribution is -0.138. The molecule has 0 amide bonds. The Hall–Kier alpha value is -2.30. The number of carbonyl (C=O) groups is 1. The fourth-order valence-electron chi connectivity index (χ4n) is 2.31. The summed E-state index contributed by atoms with van der Waals surface area (Å²) in [7, 11) is 3.10. The molecule has 4 rings (SSSR count). The lowest BCUT2D eigenvalue weighted by Crippen LogP contribution is -2.22.